The molecule has 0 aliphatic rings. The highest BCUT2D eigenvalue weighted by atomic mass is 15.1. The van der Waals surface area contributed by atoms with Crippen LogP contribution in [0.5, 0.6) is 0 Å². The Morgan fingerprint density at radius 3 is 2.42 bits per heavy atom. The molecular weight excluding hydrogens is 150 g/mol. The van der Waals surface area contributed by atoms with Gasteiger partial charge in [0.15, 0.2) is 0 Å². The minimum atomic E-state index is 0.540. The van der Waals surface area contributed by atoms with Crippen molar-refractivity contribution in [1.82, 2.24) is 0 Å². The summed E-state index contributed by atoms with van der Waals surface area (Å²) in [7, 11) is 3.93. The molecule has 12 heavy (non-hydrogen) atoms. The molecule has 0 saturated heterocycles. The number of rotatable bonds is 2. The monoisotopic (exact) mass is 165 g/mol. The van der Waals surface area contributed by atoms with Crippen molar-refractivity contribution >= 4 is 11.4 Å². The van der Waals surface area contributed by atoms with Gasteiger partial charge in [0.1, 0.15) is 0 Å². The molecule has 1 aromatic carbocycles. The molecule has 3 heteroatoms. The van der Waals surface area contributed by atoms with Gasteiger partial charge in [-0.2, -0.15) is 0 Å². The molecule has 0 aromatic heterocycles. The van der Waals surface area contributed by atoms with Gasteiger partial charge in [-0.15, -0.1) is 0 Å². The first-order chi connectivity index (χ1) is 5.65. The molecule has 4 N–H and O–H groups in total. The number of benzene rings is 1. The molecular formula is C9H15N3. The van der Waals surface area contributed by atoms with Gasteiger partial charge in [0.2, 0.25) is 0 Å². The number of nitrogen functional groups attached to an aromatic ring is 1. The van der Waals surface area contributed by atoms with Crippen molar-refractivity contribution in [3.8, 4) is 0 Å². The van der Waals surface area contributed by atoms with E-state index in [1.165, 1.54) is 0 Å². The summed E-state index contributed by atoms with van der Waals surface area (Å²) in [5, 5.41) is 0. The fourth-order valence-electron chi connectivity index (χ4n) is 1.14. The van der Waals surface area contributed by atoms with Crippen LogP contribution in [0.2, 0.25) is 0 Å². The summed E-state index contributed by atoms with van der Waals surface area (Å²) < 4.78 is 0. The van der Waals surface area contributed by atoms with Gasteiger partial charge < -0.3 is 16.4 Å². The average molecular weight is 165 g/mol. The number of hydrogen-bond acceptors (Lipinski definition) is 3. The van der Waals surface area contributed by atoms with Crippen molar-refractivity contribution in [2.45, 2.75) is 6.54 Å². The summed E-state index contributed by atoms with van der Waals surface area (Å²) in [6, 6.07) is 5.89. The van der Waals surface area contributed by atoms with Crippen LogP contribution in [-0.4, -0.2) is 14.1 Å². The Balaban J connectivity index is 3.03. The maximum atomic E-state index is 5.80. The molecule has 0 fully saturated rings. The molecule has 0 bridgehead atoms. The van der Waals surface area contributed by atoms with E-state index in [1.807, 2.05) is 37.2 Å². The Morgan fingerprint density at radius 1 is 1.33 bits per heavy atom. The molecule has 0 unspecified atom stereocenters. The lowest BCUT2D eigenvalue weighted by Crippen LogP contribution is -2.11. The standard InChI is InChI=1S/C9H15N3/c1-12(2)9-4-3-7(6-10)5-8(9)11/h3-5H,6,10-11H2,1-2H3. The van der Waals surface area contributed by atoms with Crippen molar-refractivity contribution in [1.29, 1.82) is 0 Å². The normalized spacial score (nSPS) is 9.92. The molecule has 0 radical (unpaired) electrons. The van der Waals surface area contributed by atoms with Crippen LogP contribution in [0.4, 0.5) is 11.4 Å². The predicted octanol–water partition coefficient (Wildman–Crippen LogP) is 0.794. The number of hydrogen-bond donors (Lipinski definition) is 2. The van der Waals surface area contributed by atoms with Gasteiger partial charge in [-0.25, -0.2) is 0 Å². The molecule has 1 aromatic rings. The maximum absolute atomic E-state index is 5.80. The van der Waals surface area contributed by atoms with Crippen molar-refractivity contribution in [2.24, 2.45) is 5.73 Å². The van der Waals surface area contributed by atoms with Gasteiger partial charge in [-0.1, -0.05) is 6.07 Å². The first-order valence-corrected chi connectivity index (χ1v) is 3.91. The summed E-state index contributed by atoms with van der Waals surface area (Å²) in [5.41, 5.74) is 14.2. The quantitative estimate of drug-likeness (QED) is 0.637. The molecule has 0 heterocycles. The van der Waals surface area contributed by atoms with Gasteiger partial charge in [0, 0.05) is 20.6 Å². The number of nitrogens with zero attached hydrogens (tertiary/aromatic N) is 1. The fourth-order valence-corrected chi connectivity index (χ4v) is 1.14. The van der Waals surface area contributed by atoms with Gasteiger partial charge in [0.05, 0.1) is 11.4 Å². The molecule has 0 aliphatic heterocycles. The fraction of sp³-hybridized carbons (Fsp3) is 0.333. The van der Waals surface area contributed by atoms with E-state index in [9.17, 15) is 0 Å². The Hall–Kier alpha value is -1.22. The first kappa shape index (κ1) is 8.87. The molecule has 0 saturated carbocycles. The average Bonchev–Trinajstić information content (AvgIpc) is 2.03. The lowest BCUT2D eigenvalue weighted by molar-refractivity contribution is 1.06. The number of anilines is 2. The SMILES string of the molecule is CN(C)c1ccc(CN)cc1N. The Kier molecular flexibility index (Phi) is 2.55. The van der Waals surface area contributed by atoms with E-state index >= 15 is 0 Å². The Morgan fingerprint density at radius 2 is 2.00 bits per heavy atom. The summed E-state index contributed by atoms with van der Waals surface area (Å²) in [6.07, 6.45) is 0. The van der Waals surface area contributed by atoms with Crippen molar-refractivity contribution in [3.63, 3.8) is 0 Å². The lowest BCUT2D eigenvalue weighted by atomic mass is 10.1. The van der Waals surface area contributed by atoms with E-state index in [1.54, 1.807) is 0 Å². The highest BCUT2D eigenvalue weighted by Gasteiger charge is 2.00. The number of nitrogens with two attached hydrogens (primary N) is 2. The Labute approximate surface area is 73.0 Å². The van der Waals surface area contributed by atoms with Crippen LogP contribution in [0.3, 0.4) is 0 Å². The van der Waals surface area contributed by atoms with E-state index in [4.69, 9.17) is 11.5 Å². The van der Waals surface area contributed by atoms with Gasteiger partial charge in [-0.3, -0.25) is 0 Å². The minimum Gasteiger partial charge on any atom is -0.397 e. The maximum Gasteiger partial charge on any atom is 0.0594 e. The molecule has 0 spiro atoms. The largest absolute Gasteiger partial charge is 0.397 e. The van der Waals surface area contributed by atoms with Crippen LogP contribution < -0.4 is 16.4 Å². The van der Waals surface area contributed by atoms with Crippen LogP contribution in [0, 0.1) is 0 Å². The zero-order valence-electron chi connectivity index (χ0n) is 7.54. The van der Waals surface area contributed by atoms with Crippen molar-refractivity contribution < 1.29 is 0 Å². The topological polar surface area (TPSA) is 55.3 Å². The van der Waals surface area contributed by atoms with Crippen LogP contribution in [0.1, 0.15) is 5.56 Å². The zero-order chi connectivity index (χ0) is 9.14. The van der Waals surface area contributed by atoms with Crippen LogP contribution >= 0.6 is 0 Å². The van der Waals surface area contributed by atoms with E-state index in [-0.39, 0.29) is 0 Å². The highest BCUT2D eigenvalue weighted by Crippen LogP contribution is 2.21. The third-order valence-electron chi connectivity index (χ3n) is 1.81. The molecule has 0 aliphatic carbocycles. The summed E-state index contributed by atoms with van der Waals surface area (Å²) in [4.78, 5) is 1.98. The van der Waals surface area contributed by atoms with E-state index < -0.39 is 0 Å². The Bertz CT molecular complexity index is 268. The summed E-state index contributed by atoms with van der Waals surface area (Å²) in [6.45, 7) is 0.540. The van der Waals surface area contributed by atoms with Gasteiger partial charge in [-0.05, 0) is 17.7 Å². The second-order valence-corrected chi connectivity index (χ2v) is 2.99. The van der Waals surface area contributed by atoms with Crippen LogP contribution in [-0.2, 0) is 6.54 Å². The van der Waals surface area contributed by atoms with Crippen LogP contribution in [0.15, 0.2) is 18.2 Å². The van der Waals surface area contributed by atoms with Gasteiger partial charge >= 0.3 is 0 Å². The molecule has 66 valence electrons. The van der Waals surface area contributed by atoms with E-state index in [0.29, 0.717) is 6.54 Å². The second kappa shape index (κ2) is 3.45. The first-order valence-electron chi connectivity index (χ1n) is 3.91. The zero-order valence-corrected chi connectivity index (χ0v) is 7.54. The molecule has 3 nitrogen and oxygen atoms in total. The third kappa shape index (κ3) is 1.68. The van der Waals surface area contributed by atoms with Crippen molar-refractivity contribution in [3.05, 3.63) is 23.8 Å². The summed E-state index contributed by atoms with van der Waals surface area (Å²) in [5.74, 6) is 0. The smallest absolute Gasteiger partial charge is 0.0594 e. The predicted molar refractivity (Wildman–Crippen MR) is 53.1 cm³/mol. The van der Waals surface area contributed by atoms with Crippen LogP contribution in [0.25, 0.3) is 0 Å². The van der Waals surface area contributed by atoms with Gasteiger partial charge in [0.25, 0.3) is 0 Å². The van der Waals surface area contributed by atoms with E-state index in [2.05, 4.69) is 0 Å². The third-order valence-corrected chi connectivity index (χ3v) is 1.81. The van der Waals surface area contributed by atoms with E-state index in [0.717, 1.165) is 16.9 Å². The molecule has 0 atom stereocenters. The lowest BCUT2D eigenvalue weighted by Gasteiger charge is -2.15. The minimum absolute atomic E-state index is 0.540. The second-order valence-electron chi connectivity index (χ2n) is 2.99. The molecule has 0 amide bonds. The molecule has 1 rings (SSSR count). The summed E-state index contributed by atoms with van der Waals surface area (Å²) >= 11 is 0. The highest BCUT2D eigenvalue weighted by molar-refractivity contribution is 5.67. The van der Waals surface area contributed by atoms with Crippen molar-refractivity contribution in [2.75, 3.05) is 24.7 Å².